The molecule has 3 unspecified atom stereocenters. The minimum Gasteiger partial charge on any atom is -0.494 e. The van der Waals surface area contributed by atoms with Crippen molar-refractivity contribution in [1.29, 1.82) is 0 Å². The van der Waals surface area contributed by atoms with E-state index in [1.54, 1.807) is 18.3 Å². The average molecular weight is 485 g/mol. The van der Waals surface area contributed by atoms with Crippen molar-refractivity contribution in [2.24, 2.45) is 0 Å². The average Bonchev–Trinajstić information content (AvgIpc) is 2.63. The molecular weight excluding hydrogens is 467 g/mol. The van der Waals surface area contributed by atoms with Crippen LogP contribution < -0.4 is 5.32 Å². The SMILES string of the molecule is [3H]C1CN2C=C(C(=O)NCc3ccc(Cl)cc3)C(=O)C3=CC(I)C=C(O1)C32. The van der Waals surface area contributed by atoms with E-state index in [4.69, 9.17) is 17.7 Å². The van der Waals surface area contributed by atoms with Crippen LogP contribution in [-0.4, -0.2) is 39.7 Å². The van der Waals surface area contributed by atoms with Crippen molar-refractivity contribution in [3.8, 4) is 0 Å². The third kappa shape index (κ3) is 3.27. The fourth-order valence-corrected chi connectivity index (χ4v) is 4.10. The van der Waals surface area contributed by atoms with Crippen molar-refractivity contribution in [3.05, 3.63) is 70.1 Å². The summed E-state index contributed by atoms with van der Waals surface area (Å²) in [5.74, 6) is -0.101. The number of hydrogen-bond acceptors (Lipinski definition) is 4. The van der Waals surface area contributed by atoms with Crippen LogP contribution in [0.1, 0.15) is 6.93 Å². The highest BCUT2D eigenvalue weighted by Gasteiger charge is 2.42. The Kier molecular flexibility index (Phi) is 4.46. The molecule has 134 valence electrons. The molecule has 1 fully saturated rings. The standard InChI is InChI=1S/C19H16ClIN2O3/c20-12-3-1-11(2-4-12)9-22-19(25)15-10-23-5-6-26-16-8-13(21)7-14(17(16)23)18(15)24/h1-4,7-8,10,13,17H,5-6,9H2,(H,22,25)/i6T. The number of hydrogen-bond donors (Lipinski definition) is 1. The smallest absolute Gasteiger partial charge is 0.257 e. The van der Waals surface area contributed by atoms with Gasteiger partial charge in [-0.3, -0.25) is 9.59 Å². The second kappa shape index (κ2) is 7.08. The van der Waals surface area contributed by atoms with Gasteiger partial charge in [0.1, 0.15) is 24.0 Å². The van der Waals surface area contributed by atoms with Gasteiger partial charge < -0.3 is 15.0 Å². The molecule has 0 bridgehead atoms. The Hall–Kier alpha value is -1.80. The summed E-state index contributed by atoms with van der Waals surface area (Å²) in [6.07, 6.45) is 5.33. The molecule has 1 aromatic rings. The minimum atomic E-state index is -0.752. The number of carbonyl (C=O) groups excluding carboxylic acids is 2. The molecule has 0 radical (unpaired) electrons. The van der Waals surface area contributed by atoms with Gasteiger partial charge in [0.2, 0.25) is 0 Å². The number of carbonyl (C=O) groups is 2. The number of amides is 1. The summed E-state index contributed by atoms with van der Waals surface area (Å²) in [6, 6.07) is 6.82. The normalized spacial score (nSPS) is 27.4. The van der Waals surface area contributed by atoms with E-state index in [2.05, 4.69) is 27.9 Å². The molecule has 1 amide bonds. The van der Waals surface area contributed by atoms with E-state index in [-0.39, 0.29) is 21.3 Å². The number of alkyl halides is 1. The summed E-state index contributed by atoms with van der Waals surface area (Å²) in [5, 5.41) is 3.42. The van der Waals surface area contributed by atoms with Crippen molar-refractivity contribution < 1.29 is 15.7 Å². The molecule has 1 N–H and O–H groups in total. The van der Waals surface area contributed by atoms with Gasteiger partial charge in [0.15, 0.2) is 5.78 Å². The molecule has 1 saturated heterocycles. The summed E-state index contributed by atoms with van der Waals surface area (Å²) < 4.78 is 13.6. The molecule has 0 saturated carbocycles. The van der Waals surface area contributed by atoms with Gasteiger partial charge in [0.25, 0.3) is 5.91 Å². The summed E-state index contributed by atoms with van der Waals surface area (Å²) in [5.41, 5.74) is 1.52. The van der Waals surface area contributed by atoms with Gasteiger partial charge in [-0.15, -0.1) is 0 Å². The van der Waals surface area contributed by atoms with Gasteiger partial charge in [-0.25, -0.2) is 0 Å². The predicted molar refractivity (Wildman–Crippen MR) is 107 cm³/mol. The van der Waals surface area contributed by atoms with E-state index in [1.165, 1.54) is 0 Å². The lowest BCUT2D eigenvalue weighted by atomic mass is 9.86. The third-order valence-corrected chi connectivity index (χ3v) is 5.45. The highest BCUT2D eigenvalue weighted by atomic mass is 127. The van der Waals surface area contributed by atoms with E-state index < -0.39 is 12.5 Å². The largest absolute Gasteiger partial charge is 0.494 e. The van der Waals surface area contributed by atoms with Gasteiger partial charge in [-0.05, 0) is 23.8 Å². The fraction of sp³-hybridized carbons (Fsp3) is 0.263. The molecule has 7 heteroatoms. The Bertz CT molecular complexity index is 897. The van der Waals surface area contributed by atoms with E-state index >= 15 is 0 Å². The first-order valence-electron chi connectivity index (χ1n) is 8.71. The highest BCUT2D eigenvalue weighted by molar-refractivity contribution is 14.1. The van der Waals surface area contributed by atoms with Gasteiger partial charge in [-0.1, -0.05) is 52.4 Å². The van der Waals surface area contributed by atoms with Crippen molar-refractivity contribution in [2.45, 2.75) is 16.5 Å². The fourth-order valence-electron chi connectivity index (χ4n) is 3.23. The molecule has 1 aromatic carbocycles. The number of Topliss-reactive ketones (excluding diaryl/α,β-unsaturated/α-hetero) is 1. The Balaban J connectivity index is 1.57. The maximum atomic E-state index is 12.9. The number of allylic oxidation sites excluding steroid dienone is 2. The summed E-state index contributed by atoms with van der Waals surface area (Å²) >= 11 is 8.06. The molecule has 3 aliphatic rings. The van der Waals surface area contributed by atoms with Crippen LogP contribution in [0.3, 0.4) is 0 Å². The van der Waals surface area contributed by atoms with E-state index in [0.717, 1.165) is 5.56 Å². The zero-order valence-corrected chi connectivity index (χ0v) is 16.5. The van der Waals surface area contributed by atoms with Crippen molar-refractivity contribution >= 4 is 45.9 Å². The molecule has 0 spiro atoms. The molecule has 2 heterocycles. The number of morpholine rings is 1. The van der Waals surface area contributed by atoms with Crippen LogP contribution in [0.5, 0.6) is 0 Å². The number of nitrogens with zero attached hydrogens (tertiary/aromatic N) is 1. The first-order chi connectivity index (χ1) is 12.9. The number of nitrogens with one attached hydrogen (secondary N) is 1. The topological polar surface area (TPSA) is 58.6 Å². The summed E-state index contributed by atoms with van der Waals surface area (Å²) in [6.45, 7) is -0.155. The molecule has 4 rings (SSSR count). The van der Waals surface area contributed by atoms with Crippen LogP contribution in [0.4, 0.5) is 0 Å². The number of benzene rings is 1. The van der Waals surface area contributed by atoms with Gasteiger partial charge in [0.05, 0.1) is 11.8 Å². The number of ether oxygens (including phenoxy) is 1. The summed E-state index contributed by atoms with van der Waals surface area (Å²) in [7, 11) is 0. The second-order valence-electron chi connectivity index (χ2n) is 6.20. The molecule has 0 aromatic heterocycles. The molecule has 26 heavy (non-hydrogen) atoms. The number of rotatable bonds is 3. The van der Waals surface area contributed by atoms with Crippen LogP contribution in [0, 0.1) is 0 Å². The first-order valence-corrected chi connectivity index (χ1v) is 9.76. The Morgan fingerprint density at radius 1 is 1.38 bits per heavy atom. The molecule has 3 atom stereocenters. The zero-order valence-electron chi connectivity index (χ0n) is 14.6. The molecule has 5 nitrogen and oxygen atoms in total. The van der Waals surface area contributed by atoms with Crippen LogP contribution in [0.25, 0.3) is 0 Å². The van der Waals surface area contributed by atoms with Crippen LogP contribution in [-0.2, 0) is 20.9 Å². The predicted octanol–water partition coefficient (Wildman–Crippen LogP) is 2.75. The zero-order chi connectivity index (χ0) is 19.1. The maximum absolute atomic E-state index is 12.9. The molecular formula is C19H16ClIN2O3. The van der Waals surface area contributed by atoms with Crippen molar-refractivity contribution in [3.63, 3.8) is 0 Å². The lowest BCUT2D eigenvalue weighted by Crippen LogP contribution is -2.49. The van der Waals surface area contributed by atoms with Crippen LogP contribution >= 0.6 is 34.2 Å². The molecule has 2 aliphatic heterocycles. The van der Waals surface area contributed by atoms with Crippen molar-refractivity contribution in [2.75, 3.05) is 13.1 Å². The monoisotopic (exact) mass is 484 g/mol. The van der Waals surface area contributed by atoms with Crippen molar-refractivity contribution in [1.82, 2.24) is 10.2 Å². The van der Waals surface area contributed by atoms with E-state index in [1.807, 2.05) is 29.2 Å². The Morgan fingerprint density at radius 3 is 2.92 bits per heavy atom. The van der Waals surface area contributed by atoms with E-state index in [0.29, 0.717) is 29.4 Å². The Morgan fingerprint density at radius 2 is 2.15 bits per heavy atom. The van der Waals surface area contributed by atoms with Crippen LogP contribution in [0.2, 0.25) is 5.02 Å². The Labute approximate surface area is 171 Å². The maximum Gasteiger partial charge on any atom is 0.257 e. The molecule has 1 aliphatic carbocycles. The minimum absolute atomic E-state index is 0.0172. The summed E-state index contributed by atoms with van der Waals surface area (Å²) in [4.78, 5) is 27.5. The van der Waals surface area contributed by atoms with E-state index in [9.17, 15) is 9.59 Å². The van der Waals surface area contributed by atoms with Crippen LogP contribution in [0.15, 0.2) is 59.5 Å². The van der Waals surface area contributed by atoms with Gasteiger partial charge >= 0.3 is 0 Å². The quantitative estimate of drug-likeness (QED) is 0.407. The number of ketones is 1. The first kappa shape index (κ1) is 16.4. The van der Waals surface area contributed by atoms with Gasteiger partial charge in [0, 0.05) is 23.3 Å². The third-order valence-electron chi connectivity index (χ3n) is 4.48. The highest BCUT2D eigenvalue weighted by Crippen LogP contribution is 2.36. The lowest BCUT2D eigenvalue weighted by Gasteiger charge is -2.42. The number of halogens is 2. The second-order valence-corrected chi connectivity index (χ2v) is 8.08. The van der Waals surface area contributed by atoms with Gasteiger partial charge in [-0.2, -0.15) is 0 Å². The lowest BCUT2D eigenvalue weighted by molar-refractivity contribution is -0.122.